The Morgan fingerprint density at radius 3 is 2.88 bits per heavy atom. The van der Waals surface area contributed by atoms with Crippen molar-refractivity contribution in [3.05, 3.63) is 28.5 Å². The van der Waals surface area contributed by atoms with Gasteiger partial charge in [-0.3, -0.25) is 9.78 Å². The number of hydrogen-bond donors (Lipinski definition) is 2. The van der Waals surface area contributed by atoms with Crippen molar-refractivity contribution in [1.29, 1.82) is 0 Å². The van der Waals surface area contributed by atoms with Crippen LogP contribution in [0, 0.1) is 0 Å². The molecule has 2 N–H and O–H groups in total. The van der Waals surface area contributed by atoms with Gasteiger partial charge in [-0.2, -0.15) is 0 Å². The molecule has 86 valence electrons. The average Bonchev–Trinajstić information content (AvgIpc) is 2.30. The van der Waals surface area contributed by atoms with E-state index in [9.17, 15) is 4.79 Å². The molecule has 1 amide bonds. The first kappa shape index (κ1) is 11.5. The minimum Gasteiger partial charge on any atom is -0.349 e. The summed E-state index contributed by atoms with van der Waals surface area (Å²) in [6, 6.07) is 2.07. The lowest BCUT2D eigenvalue weighted by atomic mass is 10.1. The molecule has 0 atom stereocenters. The molecule has 2 heterocycles. The summed E-state index contributed by atoms with van der Waals surface area (Å²) < 4.78 is 0.825. The van der Waals surface area contributed by atoms with E-state index in [2.05, 4.69) is 31.5 Å². The fourth-order valence-corrected chi connectivity index (χ4v) is 2.14. The molecule has 1 aliphatic heterocycles. The molecule has 16 heavy (non-hydrogen) atoms. The zero-order valence-electron chi connectivity index (χ0n) is 8.87. The molecule has 0 aliphatic carbocycles. The molecule has 0 spiro atoms. The molecule has 1 fully saturated rings. The van der Waals surface area contributed by atoms with Gasteiger partial charge in [0.05, 0.1) is 5.56 Å². The number of amides is 1. The molecule has 5 heteroatoms. The first-order valence-corrected chi connectivity index (χ1v) is 6.17. The van der Waals surface area contributed by atoms with Gasteiger partial charge in [0, 0.05) is 22.9 Å². The maximum Gasteiger partial charge on any atom is 0.253 e. The zero-order chi connectivity index (χ0) is 11.4. The van der Waals surface area contributed by atoms with E-state index in [4.69, 9.17) is 0 Å². The Balaban J connectivity index is 1.97. The highest BCUT2D eigenvalue weighted by atomic mass is 79.9. The lowest BCUT2D eigenvalue weighted by Crippen LogP contribution is -2.42. The average molecular weight is 284 g/mol. The van der Waals surface area contributed by atoms with Crippen LogP contribution in [-0.2, 0) is 0 Å². The number of hydrogen-bond acceptors (Lipinski definition) is 3. The zero-order valence-corrected chi connectivity index (χ0v) is 10.5. The van der Waals surface area contributed by atoms with Crippen molar-refractivity contribution in [2.45, 2.75) is 18.9 Å². The van der Waals surface area contributed by atoms with E-state index < -0.39 is 0 Å². The molecule has 0 radical (unpaired) electrons. The number of piperidine rings is 1. The maximum atomic E-state index is 11.9. The number of carbonyl (C=O) groups is 1. The summed E-state index contributed by atoms with van der Waals surface area (Å²) in [7, 11) is 0. The summed E-state index contributed by atoms with van der Waals surface area (Å²) in [4.78, 5) is 15.9. The van der Waals surface area contributed by atoms with Crippen LogP contribution in [0.15, 0.2) is 22.9 Å². The molecule has 0 saturated carbocycles. The van der Waals surface area contributed by atoms with Gasteiger partial charge < -0.3 is 10.6 Å². The fraction of sp³-hybridized carbons (Fsp3) is 0.455. The third-order valence-electron chi connectivity index (χ3n) is 2.64. The molecule has 0 bridgehead atoms. The summed E-state index contributed by atoms with van der Waals surface area (Å²) in [6.07, 6.45) is 5.24. The highest BCUT2D eigenvalue weighted by Crippen LogP contribution is 2.10. The van der Waals surface area contributed by atoms with Gasteiger partial charge in [-0.25, -0.2) is 0 Å². The molecule has 4 nitrogen and oxygen atoms in total. The van der Waals surface area contributed by atoms with Crippen LogP contribution in [0.5, 0.6) is 0 Å². The van der Waals surface area contributed by atoms with Crippen LogP contribution in [-0.4, -0.2) is 30.0 Å². The van der Waals surface area contributed by atoms with Crippen LogP contribution in [0.4, 0.5) is 0 Å². The van der Waals surface area contributed by atoms with E-state index in [0.717, 1.165) is 30.4 Å². The quantitative estimate of drug-likeness (QED) is 0.861. The molecule has 1 aliphatic rings. The first-order valence-electron chi connectivity index (χ1n) is 5.38. The van der Waals surface area contributed by atoms with Crippen LogP contribution in [0.3, 0.4) is 0 Å². The summed E-state index contributed by atoms with van der Waals surface area (Å²) in [5.41, 5.74) is 0.605. The smallest absolute Gasteiger partial charge is 0.253 e. The van der Waals surface area contributed by atoms with Gasteiger partial charge >= 0.3 is 0 Å². The van der Waals surface area contributed by atoms with Gasteiger partial charge in [-0.15, -0.1) is 0 Å². The topological polar surface area (TPSA) is 54.0 Å². The number of nitrogens with zero attached hydrogens (tertiary/aromatic N) is 1. The van der Waals surface area contributed by atoms with Crippen molar-refractivity contribution in [3.8, 4) is 0 Å². The van der Waals surface area contributed by atoms with Crippen LogP contribution in [0.1, 0.15) is 23.2 Å². The third kappa shape index (κ3) is 3.02. The number of pyridine rings is 1. The van der Waals surface area contributed by atoms with E-state index in [-0.39, 0.29) is 11.9 Å². The summed E-state index contributed by atoms with van der Waals surface area (Å²) in [5, 5.41) is 6.29. The number of carbonyl (C=O) groups excluding carboxylic acids is 1. The predicted octanol–water partition coefficient (Wildman–Crippen LogP) is 1.33. The van der Waals surface area contributed by atoms with E-state index in [1.54, 1.807) is 18.5 Å². The molecule has 0 aromatic carbocycles. The van der Waals surface area contributed by atoms with Crippen LogP contribution < -0.4 is 10.6 Å². The Bertz CT molecular complexity index is 377. The van der Waals surface area contributed by atoms with E-state index in [0.29, 0.717) is 5.56 Å². The largest absolute Gasteiger partial charge is 0.349 e. The van der Waals surface area contributed by atoms with E-state index in [1.165, 1.54) is 0 Å². The van der Waals surface area contributed by atoms with Crippen molar-refractivity contribution in [1.82, 2.24) is 15.6 Å². The summed E-state index contributed by atoms with van der Waals surface area (Å²) in [5.74, 6) is -0.0410. The maximum absolute atomic E-state index is 11.9. The fourth-order valence-electron chi connectivity index (χ4n) is 1.77. The van der Waals surface area contributed by atoms with Crippen LogP contribution >= 0.6 is 15.9 Å². The van der Waals surface area contributed by atoms with Gasteiger partial charge in [0.2, 0.25) is 0 Å². The predicted molar refractivity (Wildman–Crippen MR) is 65.3 cm³/mol. The molecular formula is C11H14BrN3O. The number of nitrogens with one attached hydrogen (secondary N) is 2. The molecular weight excluding hydrogens is 270 g/mol. The third-order valence-corrected chi connectivity index (χ3v) is 3.08. The lowest BCUT2D eigenvalue weighted by Gasteiger charge is -2.23. The molecule has 1 aromatic rings. The van der Waals surface area contributed by atoms with E-state index in [1.807, 2.05) is 0 Å². The minimum atomic E-state index is -0.0410. The highest BCUT2D eigenvalue weighted by molar-refractivity contribution is 9.10. The van der Waals surface area contributed by atoms with Crippen molar-refractivity contribution in [2.75, 3.05) is 13.1 Å². The Morgan fingerprint density at radius 2 is 2.19 bits per heavy atom. The van der Waals surface area contributed by atoms with Gasteiger partial charge in [0.25, 0.3) is 5.91 Å². The lowest BCUT2D eigenvalue weighted by molar-refractivity contribution is 0.0929. The van der Waals surface area contributed by atoms with Crippen molar-refractivity contribution < 1.29 is 4.79 Å². The SMILES string of the molecule is O=C(NC1CCNCC1)c1cncc(Br)c1. The second kappa shape index (κ2) is 5.41. The van der Waals surface area contributed by atoms with Crippen LogP contribution in [0.25, 0.3) is 0 Å². The highest BCUT2D eigenvalue weighted by Gasteiger charge is 2.16. The number of aromatic nitrogens is 1. The standard InChI is InChI=1S/C11H14BrN3O/c12-9-5-8(6-14-7-9)11(16)15-10-1-3-13-4-2-10/h5-7,10,13H,1-4H2,(H,15,16). The Kier molecular flexibility index (Phi) is 3.90. The van der Waals surface area contributed by atoms with Crippen molar-refractivity contribution in [2.24, 2.45) is 0 Å². The molecule has 2 rings (SSSR count). The molecule has 0 unspecified atom stereocenters. The number of halogens is 1. The Morgan fingerprint density at radius 1 is 1.44 bits per heavy atom. The van der Waals surface area contributed by atoms with Gasteiger partial charge in [0.15, 0.2) is 0 Å². The first-order chi connectivity index (χ1) is 7.75. The normalized spacial score (nSPS) is 17.1. The van der Waals surface area contributed by atoms with Crippen molar-refractivity contribution >= 4 is 21.8 Å². The summed E-state index contributed by atoms with van der Waals surface area (Å²) >= 11 is 3.30. The van der Waals surface area contributed by atoms with Gasteiger partial charge in [-0.05, 0) is 47.9 Å². The molecule has 1 saturated heterocycles. The van der Waals surface area contributed by atoms with Crippen molar-refractivity contribution in [3.63, 3.8) is 0 Å². The Hall–Kier alpha value is -0.940. The second-order valence-electron chi connectivity index (χ2n) is 3.89. The molecule has 1 aromatic heterocycles. The van der Waals surface area contributed by atoms with Crippen LogP contribution in [0.2, 0.25) is 0 Å². The minimum absolute atomic E-state index is 0.0410. The van der Waals surface area contributed by atoms with E-state index >= 15 is 0 Å². The number of rotatable bonds is 2. The second-order valence-corrected chi connectivity index (χ2v) is 4.81. The Labute approximate surface area is 103 Å². The monoisotopic (exact) mass is 283 g/mol. The summed E-state index contributed by atoms with van der Waals surface area (Å²) in [6.45, 7) is 1.95. The van der Waals surface area contributed by atoms with Gasteiger partial charge in [-0.1, -0.05) is 0 Å². The van der Waals surface area contributed by atoms with Gasteiger partial charge in [0.1, 0.15) is 0 Å².